The molecule has 6 nitrogen and oxygen atoms in total. The highest BCUT2D eigenvalue weighted by Crippen LogP contribution is 2.27. The predicted molar refractivity (Wildman–Crippen MR) is 87.0 cm³/mol. The Kier molecular flexibility index (Phi) is 6.56. The first-order valence-corrected chi connectivity index (χ1v) is 7.38. The maximum absolute atomic E-state index is 12.0. The molecule has 0 radical (unpaired) electrons. The Labute approximate surface area is 137 Å². The molecular formula is C15H25ClN4O2. The van der Waals surface area contributed by atoms with Crippen molar-refractivity contribution in [3.63, 3.8) is 0 Å². The Hall–Kier alpha value is -1.40. The van der Waals surface area contributed by atoms with Crippen LogP contribution in [0.1, 0.15) is 50.9 Å². The van der Waals surface area contributed by atoms with E-state index in [0.29, 0.717) is 31.4 Å². The quantitative estimate of drug-likeness (QED) is 0.902. The second-order valence-corrected chi connectivity index (χ2v) is 6.38. The van der Waals surface area contributed by atoms with Gasteiger partial charge in [-0.05, 0) is 45.1 Å². The van der Waals surface area contributed by atoms with Crippen LogP contribution in [0, 0.1) is 0 Å². The molecule has 7 heteroatoms. The maximum Gasteiger partial charge on any atom is 0.410 e. The Morgan fingerprint density at radius 1 is 1.32 bits per heavy atom. The molecule has 2 N–H and O–H groups in total. The summed E-state index contributed by atoms with van der Waals surface area (Å²) in [7, 11) is 0. The third kappa shape index (κ3) is 5.10. The maximum atomic E-state index is 12.0. The highest BCUT2D eigenvalue weighted by atomic mass is 35.5. The number of halogens is 1. The molecule has 1 aromatic heterocycles. The molecule has 1 amide bonds. The average molecular weight is 329 g/mol. The van der Waals surface area contributed by atoms with Gasteiger partial charge in [0.25, 0.3) is 0 Å². The largest absolute Gasteiger partial charge is 0.444 e. The van der Waals surface area contributed by atoms with E-state index in [2.05, 4.69) is 9.97 Å². The summed E-state index contributed by atoms with van der Waals surface area (Å²) < 4.78 is 5.40. The van der Waals surface area contributed by atoms with Gasteiger partial charge < -0.3 is 15.4 Å². The number of piperidine rings is 1. The number of likely N-dealkylation sites (tertiary alicyclic amines) is 1. The third-order valence-electron chi connectivity index (χ3n) is 3.53. The molecule has 1 aliphatic heterocycles. The monoisotopic (exact) mass is 328 g/mol. The van der Waals surface area contributed by atoms with Gasteiger partial charge in [0.2, 0.25) is 0 Å². The second-order valence-electron chi connectivity index (χ2n) is 6.38. The smallest absolute Gasteiger partial charge is 0.410 e. The van der Waals surface area contributed by atoms with Crippen molar-refractivity contribution in [2.24, 2.45) is 5.73 Å². The molecule has 22 heavy (non-hydrogen) atoms. The summed E-state index contributed by atoms with van der Waals surface area (Å²) in [5.41, 5.74) is 6.17. The molecule has 0 saturated carbocycles. The fraction of sp³-hybridized carbons (Fsp3) is 0.667. The zero-order chi connectivity index (χ0) is 15.5. The Morgan fingerprint density at radius 2 is 1.86 bits per heavy atom. The summed E-state index contributed by atoms with van der Waals surface area (Å²) in [5, 5.41) is 0. The van der Waals surface area contributed by atoms with E-state index in [4.69, 9.17) is 10.5 Å². The van der Waals surface area contributed by atoms with Gasteiger partial charge in [0, 0.05) is 25.5 Å². The minimum Gasteiger partial charge on any atom is -0.444 e. The topological polar surface area (TPSA) is 81.3 Å². The van der Waals surface area contributed by atoms with Crippen molar-refractivity contribution in [3.8, 4) is 0 Å². The van der Waals surface area contributed by atoms with E-state index in [9.17, 15) is 4.79 Å². The van der Waals surface area contributed by atoms with Crippen molar-refractivity contribution in [2.45, 2.75) is 51.7 Å². The van der Waals surface area contributed by atoms with E-state index in [0.717, 1.165) is 18.4 Å². The van der Waals surface area contributed by atoms with Gasteiger partial charge in [-0.1, -0.05) is 0 Å². The van der Waals surface area contributed by atoms with Crippen LogP contribution in [0.15, 0.2) is 12.4 Å². The number of carbonyl (C=O) groups excluding carboxylic acids is 1. The normalized spacial score (nSPS) is 16.1. The van der Waals surface area contributed by atoms with Crippen LogP contribution in [0.4, 0.5) is 4.79 Å². The predicted octanol–water partition coefficient (Wildman–Crippen LogP) is 2.47. The first kappa shape index (κ1) is 18.6. The van der Waals surface area contributed by atoms with Crippen molar-refractivity contribution in [3.05, 3.63) is 23.8 Å². The van der Waals surface area contributed by atoms with E-state index in [1.54, 1.807) is 4.90 Å². The van der Waals surface area contributed by atoms with Crippen molar-refractivity contribution in [1.82, 2.24) is 14.9 Å². The number of nitrogens with zero attached hydrogens (tertiary/aromatic N) is 3. The van der Waals surface area contributed by atoms with Gasteiger partial charge in [-0.2, -0.15) is 0 Å². The van der Waals surface area contributed by atoms with Crippen LogP contribution in [0.3, 0.4) is 0 Å². The molecule has 2 heterocycles. The SMILES string of the molecule is CC(C)(C)OC(=O)N1CCC(c2cnc(CN)nc2)CC1.Cl. The molecular weight excluding hydrogens is 304 g/mol. The summed E-state index contributed by atoms with van der Waals surface area (Å²) in [6.07, 6.45) is 5.29. The molecule has 0 unspecified atom stereocenters. The van der Waals surface area contributed by atoms with Crippen molar-refractivity contribution < 1.29 is 9.53 Å². The van der Waals surface area contributed by atoms with Crippen LogP contribution >= 0.6 is 12.4 Å². The zero-order valence-corrected chi connectivity index (χ0v) is 14.2. The summed E-state index contributed by atoms with van der Waals surface area (Å²) in [4.78, 5) is 22.2. The van der Waals surface area contributed by atoms with Crippen LogP contribution < -0.4 is 5.73 Å². The van der Waals surface area contributed by atoms with Gasteiger partial charge in [-0.3, -0.25) is 0 Å². The number of rotatable bonds is 2. The molecule has 1 aromatic rings. The van der Waals surface area contributed by atoms with Crippen LogP contribution in [0.5, 0.6) is 0 Å². The Balaban J connectivity index is 0.00000242. The lowest BCUT2D eigenvalue weighted by atomic mass is 9.91. The Morgan fingerprint density at radius 3 is 2.32 bits per heavy atom. The van der Waals surface area contributed by atoms with Crippen LogP contribution in [0.2, 0.25) is 0 Å². The number of amides is 1. The minimum absolute atomic E-state index is 0. The van der Waals surface area contributed by atoms with Gasteiger partial charge in [0.05, 0.1) is 6.54 Å². The fourth-order valence-corrected chi connectivity index (χ4v) is 2.40. The highest BCUT2D eigenvalue weighted by Gasteiger charge is 2.27. The van der Waals surface area contributed by atoms with Crippen LogP contribution in [0.25, 0.3) is 0 Å². The average Bonchev–Trinajstić information content (AvgIpc) is 2.46. The number of hydrogen-bond donors (Lipinski definition) is 1. The molecule has 0 spiro atoms. The van der Waals surface area contributed by atoms with E-state index >= 15 is 0 Å². The molecule has 0 aromatic carbocycles. The van der Waals surface area contributed by atoms with Crippen molar-refractivity contribution in [2.75, 3.05) is 13.1 Å². The van der Waals surface area contributed by atoms with E-state index in [1.807, 2.05) is 33.2 Å². The first-order chi connectivity index (χ1) is 9.89. The van der Waals surface area contributed by atoms with Gasteiger partial charge in [0.15, 0.2) is 0 Å². The van der Waals surface area contributed by atoms with Crippen LogP contribution in [-0.4, -0.2) is 39.7 Å². The van der Waals surface area contributed by atoms with Gasteiger partial charge in [0.1, 0.15) is 11.4 Å². The van der Waals surface area contributed by atoms with E-state index in [1.165, 1.54) is 0 Å². The highest BCUT2D eigenvalue weighted by molar-refractivity contribution is 5.85. The minimum atomic E-state index is -0.445. The van der Waals surface area contributed by atoms with E-state index < -0.39 is 5.60 Å². The Bertz CT molecular complexity index is 479. The lowest BCUT2D eigenvalue weighted by molar-refractivity contribution is 0.0205. The number of carbonyl (C=O) groups is 1. The first-order valence-electron chi connectivity index (χ1n) is 7.38. The van der Waals surface area contributed by atoms with Crippen LogP contribution in [-0.2, 0) is 11.3 Å². The lowest BCUT2D eigenvalue weighted by Gasteiger charge is -2.33. The van der Waals surface area contributed by atoms with Gasteiger partial charge in [-0.25, -0.2) is 14.8 Å². The number of hydrogen-bond acceptors (Lipinski definition) is 5. The molecule has 1 fully saturated rings. The molecule has 0 atom stereocenters. The zero-order valence-electron chi connectivity index (χ0n) is 13.4. The summed E-state index contributed by atoms with van der Waals surface area (Å²) >= 11 is 0. The van der Waals surface area contributed by atoms with E-state index in [-0.39, 0.29) is 18.5 Å². The fourth-order valence-electron chi connectivity index (χ4n) is 2.40. The number of ether oxygens (including phenoxy) is 1. The second kappa shape index (κ2) is 7.74. The molecule has 1 aliphatic rings. The summed E-state index contributed by atoms with van der Waals surface area (Å²) in [6.45, 7) is 7.42. The van der Waals surface area contributed by atoms with Crippen molar-refractivity contribution in [1.29, 1.82) is 0 Å². The molecule has 0 bridgehead atoms. The standard InChI is InChI=1S/C15H24N4O2.ClH/c1-15(2,3)21-14(20)19-6-4-11(5-7-19)12-9-17-13(8-16)18-10-12;/h9-11H,4-8,16H2,1-3H3;1H. The van der Waals surface area contributed by atoms with Crippen molar-refractivity contribution >= 4 is 18.5 Å². The van der Waals surface area contributed by atoms with Gasteiger partial charge in [-0.15, -0.1) is 12.4 Å². The summed E-state index contributed by atoms with van der Waals surface area (Å²) in [6, 6.07) is 0. The molecule has 124 valence electrons. The van der Waals surface area contributed by atoms with Gasteiger partial charge >= 0.3 is 6.09 Å². The lowest BCUT2D eigenvalue weighted by Crippen LogP contribution is -2.41. The summed E-state index contributed by atoms with van der Waals surface area (Å²) in [5.74, 6) is 1.06. The molecule has 2 rings (SSSR count). The number of aromatic nitrogens is 2. The molecule has 0 aliphatic carbocycles. The number of nitrogens with two attached hydrogens (primary N) is 1. The third-order valence-corrected chi connectivity index (χ3v) is 3.53. The molecule has 1 saturated heterocycles.